The predicted molar refractivity (Wildman–Crippen MR) is 105 cm³/mol. The Labute approximate surface area is 168 Å². The van der Waals surface area contributed by atoms with Gasteiger partial charge in [-0.15, -0.1) is 0 Å². The van der Waals surface area contributed by atoms with Crippen molar-refractivity contribution < 1.29 is 33.7 Å². The first-order valence-electron chi connectivity index (χ1n) is 9.34. The molecule has 0 aromatic carbocycles. The molecule has 7 nitrogen and oxygen atoms in total. The van der Waals surface area contributed by atoms with E-state index in [0.717, 1.165) is 6.08 Å². The number of hydrogen-bond acceptors (Lipinski definition) is 7. The summed E-state index contributed by atoms with van der Waals surface area (Å²) in [5.74, 6) is -1.51. The van der Waals surface area contributed by atoms with Crippen molar-refractivity contribution in [1.29, 1.82) is 0 Å². The monoisotopic (exact) mass is 400 g/mol. The van der Waals surface area contributed by atoms with Crippen molar-refractivity contribution in [2.75, 3.05) is 13.2 Å². The number of rotatable bonds is 11. The molecule has 0 saturated carbocycles. The maximum Gasteiger partial charge on any atom is 0.330 e. The van der Waals surface area contributed by atoms with E-state index in [0.29, 0.717) is 0 Å². The Hall–Kier alpha value is -1.89. The van der Waals surface area contributed by atoms with Crippen molar-refractivity contribution in [3.05, 3.63) is 12.7 Å². The van der Waals surface area contributed by atoms with Crippen molar-refractivity contribution >= 4 is 17.9 Å². The summed E-state index contributed by atoms with van der Waals surface area (Å²) in [5, 5.41) is 10.0. The van der Waals surface area contributed by atoms with Crippen LogP contribution in [-0.4, -0.2) is 47.4 Å². The molecule has 0 aliphatic heterocycles. The summed E-state index contributed by atoms with van der Waals surface area (Å²) in [7, 11) is 0. The molecule has 0 aromatic heterocycles. The van der Waals surface area contributed by atoms with Gasteiger partial charge in [-0.2, -0.15) is 0 Å². The lowest BCUT2D eigenvalue weighted by Gasteiger charge is -2.37. The van der Waals surface area contributed by atoms with Crippen LogP contribution in [0.5, 0.6) is 0 Å². The van der Waals surface area contributed by atoms with E-state index in [1.165, 1.54) is 0 Å². The van der Waals surface area contributed by atoms with Crippen LogP contribution in [0.25, 0.3) is 0 Å². The normalized spacial score (nSPS) is 12.9. The van der Waals surface area contributed by atoms with Gasteiger partial charge in [-0.25, -0.2) is 4.79 Å². The van der Waals surface area contributed by atoms with Gasteiger partial charge in [0.2, 0.25) is 0 Å². The lowest BCUT2D eigenvalue weighted by Crippen LogP contribution is -2.43. The molecule has 0 aliphatic carbocycles. The van der Waals surface area contributed by atoms with Crippen LogP contribution in [-0.2, 0) is 28.6 Å². The smallest absolute Gasteiger partial charge is 0.330 e. The Bertz CT molecular complexity index is 580. The molecule has 1 N–H and O–H groups in total. The van der Waals surface area contributed by atoms with Crippen molar-refractivity contribution in [3.8, 4) is 0 Å². The molecule has 0 rings (SSSR count). The number of ether oxygens (including phenoxy) is 3. The average Bonchev–Trinajstić information content (AvgIpc) is 2.46. The van der Waals surface area contributed by atoms with Crippen LogP contribution in [0.3, 0.4) is 0 Å². The molecule has 0 fully saturated rings. The highest BCUT2D eigenvalue weighted by molar-refractivity contribution is 5.81. The van der Waals surface area contributed by atoms with Gasteiger partial charge in [-0.1, -0.05) is 6.58 Å². The summed E-state index contributed by atoms with van der Waals surface area (Å²) >= 11 is 0. The molecule has 0 atom stereocenters. The van der Waals surface area contributed by atoms with Gasteiger partial charge in [0.05, 0.1) is 16.4 Å². The second kappa shape index (κ2) is 9.54. The van der Waals surface area contributed by atoms with E-state index < -0.39 is 39.9 Å². The highest BCUT2D eigenvalue weighted by atomic mass is 16.6. The first-order chi connectivity index (χ1) is 12.4. The molecular formula is C21H36O7. The summed E-state index contributed by atoms with van der Waals surface area (Å²) in [4.78, 5) is 35.9. The van der Waals surface area contributed by atoms with E-state index in [1.54, 1.807) is 55.4 Å². The van der Waals surface area contributed by atoms with Crippen LogP contribution in [0.15, 0.2) is 12.7 Å². The third kappa shape index (κ3) is 9.88. The van der Waals surface area contributed by atoms with Gasteiger partial charge in [0.15, 0.2) is 0 Å². The fourth-order valence-corrected chi connectivity index (χ4v) is 3.25. The van der Waals surface area contributed by atoms with Crippen molar-refractivity contribution in [1.82, 2.24) is 0 Å². The van der Waals surface area contributed by atoms with Gasteiger partial charge in [0.25, 0.3) is 0 Å². The van der Waals surface area contributed by atoms with E-state index in [2.05, 4.69) is 6.58 Å². The Morgan fingerprint density at radius 1 is 0.821 bits per heavy atom. The van der Waals surface area contributed by atoms with E-state index in [9.17, 15) is 19.5 Å². The number of carbonyl (C=O) groups excluding carboxylic acids is 3. The molecule has 0 heterocycles. The third-order valence-corrected chi connectivity index (χ3v) is 3.94. The van der Waals surface area contributed by atoms with E-state index in [-0.39, 0.29) is 26.1 Å². The lowest BCUT2D eigenvalue weighted by atomic mass is 9.80. The SMILES string of the molecule is C=CC(=O)OCCOC(=O)C(C)(C)CC(C)(C)OC(=O)C(C)(C)CC(C)(C)O. The Kier molecular flexibility index (Phi) is 8.90. The minimum absolute atomic E-state index is 0.0593. The Balaban J connectivity index is 4.82. The van der Waals surface area contributed by atoms with Gasteiger partial charge < -0.3 is 19.3 Å². The summed E-state index contributed by atoms with van der Waals surface area (Å²) in [6.45, 7) is 16.7. The maximum absolute atomic E-state index is 12.6. The van der Waals surface area contributed by atoms with Crippen LogP contribution in [0.1, 0.15) is 68.2 Å². The first-order valence-corrected chi connectivity index (χ1v) is 9.34. The van der Waals surface area contributed by atoms with Gasteiger partial charge in [-0.3, -0.25) is 9.59 Å². The zero-order valence-corrected chi connectivity index (χ0v) is 18.5. The molecule has 0 spiro atoms. The van der Waals surface area contributed by atoms with E-state index in [1.807, 2.05) is 0 Å². The molecule has 0 unspecified atom stereocenters. The fraction of sp³-hybridized carbons (Fsp3) is 0.762. The van der Waals surface area contributed by atoms with Gasteiger partial charge >= 0.3 is 17.9 Å². The second-order valence-electron chi connectivity index (χ2n) is 9.59. The summed E-state index contributed by atoms with van der Waals surface area (Å²) in [6.07, 6.45) is 1.50. The Morgan fingerprint density at radius 2 is 1.29 bits per heavy atom. The van der Waals surface area contributed by atoms with Crippen LogP contribution >= 0.6 is 0 Å². The minimum Gasteiger partial charge on any atom is -0.462 e. The summed E-state index contributed by atoms with van der Waals surface area (Å²) < 4.78 is 15.6. The molecule has 0 bridgehead atoms. The van der Waals surface area contributed by atoms with Gasteiger partial charge in [0, 0.05) is 12.5 Å². The Morgan fingerprint density at radius 3 is 1.75 bits per heavy atom. The molecular weight excluding hydrogens is 364 g/mol. The maximum atomic E-state index is 12.6. The quantitative estimate of drug-likeness (QED) is 0.246. The zero-order chi connectivity index (χ0) is 22.4. The largest absolute Gasteiger partial charge is 0.462 e. The minimum atomic E-state index is -1.01. The molecule has 0 radical (unpaired) electrons. The second-order valence-corrected chi connectivity index (χ2v) is 9.59. The average molecular weight is 401 g/mol. The molecule has 0 aliphatic rings. The molecule has 7 heteroatoms. The van der Waals surface area contributed by atoms with Gasteiger partial charge in [0.1, 0.15) is 18.8 Å². The van der Waals surface area contributed by atoms with Crippen LogP contribution in [0.4, 0.5) is 0 Å². The first kappa shape index (κ1) is 26.1. The molecule has 28 heavy (non-hydrogen) atoms. The highest BCUT2D eigenvalue weighted by Gasteiger charge is 2.42. The number of aliphatic hydroxyl groups is 1. The fourth-order valence-electron chi connectivity index (χ4n) is 3.25. The highest BCUT2D eigenvalue weighted by Crippen LogP contribution is 2.35. The van der Waals surface area contributed by atoms with Crippen molar-refractivity contribution in [3.63, 3.8) is 0 Å². The van der Waals surface area contributed by atoms with Gasteiger partial charge in [-0.05, 0) is 61.8 Å². The number of hydrogen-bond donors (Lipinski definition) is 1. The van der Waals surface area contributed by atoms with Crippen molar-refractivity contribution in [2.24, 2.45) is 10.8 Å². The topological polar surface area (TPSA) is 99.1 Å². The molecule has 0 saturated heterocycles. The third-order valence-electron chi connectivity index (χ3n) is 3.94. The molecule has 0 aromatic rings. The number of carbonyl (C=O) groups is 3. The molecule has 162 valence electrons. The molecule has 0 amide bonds. The lowest BCUT2D eigenvalue weighted by molar-refractivity contribution is -0.177. The zero-order valence-electron chi connectivity index (χ0n) is 18.5. The number of esters is 3. The summed E-state index contributed by atoms with van der Waals surface area (Å²) in [6, 6.07) is 0. The van der Waals surface area contributed by atoms with Crippen LogP contribution < -0.4 is 0 Å². The van der Waals surface area contributed by atoms with Crippen LogP contribution in [0.2, 0.25) is 0 Å². The standard InChI is InChI=1S/C21H36O7/c1-10-15(22)26-11-12-27-16(23)19(4,5)14-21(8,9)28-17(24)18(2,3)13-20(6,7)25/h10,25H,1,11-14H2,2-9H3. The van der Waals surface area contributed by atoms with Crippen molar-refractivity contribution in [2.45, 2.75) is 79.4 Å². The van der Waals surface area contributed by atoms with E-state index in [4.69, 9.17) is 14.2 Å². The summed E-state index contributed by atoms with van der Waals surface area (Å²) in [5.41, 5.74) is -3.74. The van der Waals surface area contributed by atoms with E-state index >= 15 is 0 Å². The predicted octanol–water partition coefficient (Wildman–Crippen LogP) is 3.18. The van der Waals surface area contributed by atoms with Crippen LogP contribution in [0, 0.1) is 10.8 Å².